The standard InChI is InChI=1S/C22H20N4O2/c27-25-13-5-21(6-14-25)19-1-9-23(10-2-19)17-18-24-11-3-20(4-12-24)22-7-15-26(28)16-8-22/h1-16H,17-18H2/q+2. The quantitative estimate of drug-likeness (QED) is 0.705. The Labute approximate surface area is 163 Å². The van der Waals surface area contributed by atoms with Crippen LogP contribution in [0, 0.1) is 9.81 Å². The van der Waals surface area contributed by atoms with Crippen molar-refractivity contribution in [3.8, 4) is 0 Å². The highest BCUT2D eigenvalue weighted by Gasteiger charge is 2.12. The minimum absolute atomic E-state index is 0.785. The molecule has 0 aliphatic carbocycles. The van der Waals surface area contributed by atoms with Crippen LogP contribution in [0.4, 0.5) is 0 Å². The van der Waals surface area contributed by atoms with Gasteiger partial charge in [-0.05, 0) is 46.6 Å². The molecule has 0 radical (unpaired) electrons. The summed E-state index contributed by atoms with van der Waals surface area (Å²) in [4.78, 5) is 26.5. The molecule has 0 saturated heterocycles. The van der Waals surface area contributed by atoms with Crippen LogP contribution in [0.15, 0.2) is 121 Å². The predicted molar refractivity (Wildman–Crippen MR) is 108 cm³/mol. The highest BCUT2D eigenvalue weighted by molar-refractivity contribution is 5.49. The van der Waals surface area contributed by atoms with Crippen molar-refractivity contribution in [3.63, 3.8) is 0 Å². The van der Waals surface area contributed by atoms with E-state index in [9.17, 15) is 9.81 Å². The molecule has 0 bridgehead atoms. The number of nitrogens with zero attached hydrogens (tertiary/aromatic N) is 4. The molecule has 0 N–H and O–H groups in total. The summed E-state index contributed by atoms with van der Waals surface area (Å²) < 4.78 is 1.57. The van der Waals surface area contributed by atoms with E-state index in [-0.39, 0.29) is 0 Å². The maximum absolute atomic E-state index is 11.1. The Morgan fingerprint density at radius 3 is 1.11 bits per heavy atom. The highest BCUT2D eigenvalue weighted by Crippen LogP contribution is 2.20. The number of hydrogen-bond donors (Lipinski definition) is 0. The molecule has 0 amide bonds. The second kappa shape index (κ2) is 7.84. The van der Waals surface area contributed by atoms with Crippen LogP contribution < -0.4 is 0 Å². The maximum Gasteiger partial charge on any atom is 0.228 e. The molecule has 0 unspecified atom stereocenters. The van der Waals surface area contributed by atoms with Gasteiger partial charge in [0.05, 0.1) is 9.52 Å². The van der Waals surface area contributed by atoms with Crippen molar-refractivity contribution in [2.75, 3.05) is 13.1 Å². The maximum atomic E-state index is 11.1. The first-order valence-corrected chi connectivity index (χ1v) is 9.04. The zero-order chi connectivity index (χ0) is 19.3. The highest BCUT2D eigenvalue weighted by atomic mass is 16.3. The molecule has 138 valence electrons. The first-order valence-electron chi connectivity index (χ1n) is 9.04. The van der Waals surface area contributed by atoms with Gasteiger partial charge in [0.15, 0.2) is 0 Å². The lowest BCUT2D eigenvalue weighted by Gasteiger charge is -2.24. The van der Waals surface area contributed by atoms with Crippen molar-refractivity contribution in [2.45, 2.75) is 0 Å². The third kappa shape index (κ3) is 4.12. The van der Waals surface area contributed by atoms with Gasteiger partial charge in [0.25, 0.3) is 0 Å². The van der Waals surface area contributed by atoms with Crippen LogP contribution in [0.2, 0.25) is 0 Å². The summed E-state index contributed by atoms with van der Waals surface area (Å²) in [6.07, 6.45) is 29.7. The first kappa shape index (κ1) is 17.6. The summed E-state index contributed by atoms with van der Waals surface area (Å²) in [5.41, 5.74) is 4.20. The molecule has 6 heteroatoms. The Morgan fingerprint density at radius 2 is 0.786 bits per heavy atom. The van der Waals surface area contributed by atoms with Crippen molar-refractivity contribution in [2.24, 2.45) is 0 Å². The monoisotopic (exact) mass is 372 g/mol. The molecule has 0 aromatic heterocycles. The lowest BCUT2D eigenvalue weighted by molar-refractivity contribution is -0.403. The third-order valence-corrected chi connectivity index (χ3v) is 4.67. The van der Waals surface area contributed by atoms with E-state index in [4.69, 9.17) is 0 Å². The van der Waals surface area contributed by atoms with Gasteiger partial charge in [0.1, 0.15) is 0 Å². The molecule has 0 fully saturated rings. The molecule has 4 aliphatic heterocycles. The molecule has 4 heterocycles. The van der Waals surface area contributed by atoms with Crippen LogP contribution in [-0.2, 0) is 0 Å². The number of hydrogen-bond acceptors (Lipinski definition) is 4. The molecule has 0 aromatic rings. The number of rotatable bonds is 3. The average molecular weight is 372 g/mol. The van der Waals surface area contributed by atoms with Crippen molar-refractivity contribution in [1.29, 1.82) is 0 Å². The molecule has 4 rings (SSSR count). The van der Waals surface area contributed by atoms with E-state index in [1.165, 1.54) is 24.8 Å². The molecule has 28 heavy (non-hydrogen) atoms. The van der Waals surface area contributed by atoms with E-state index >= 15 is 0 Å². The summed E-state index contributed by atoms with van der Waals surface area (Å²) in [5, 5.41) is 0. The van der Waals surface area contributed by atoms with Crippen LogP contribution in [0.5, 0.6) is 0 Å². The summed E-state index contributed by atoms with van der Waals surface area (Å²) in [5.74, 6) is 0. The molecule has 0 spiro atoms. The van der Waals surface area contributed by atoms with Crippen molar-refractivity contribution < 1.29 is 9.52 Å². The molecular weight excluding hydrogens is 352 g/mol. The van der Waals surface area contributed by atoms with E-state index in [0.717, 1.165) is 44.9 Å². The van der Waals surface area contributed by atoms with Crippen LogP contribution in [0.3, 0.4) is 0 Å². The van der Waals surface area contributed by atoms with E-state index < -0.39 is 0 Å². The molecule has 0 aromatic carbocycles. The molecule has 0 atom stereocenters. The van der Waals surface area contributed by atoms with Gasteiger partial charge in [0, 0.05) is 72.0 Å². The molecular formula is C22H20N4O2+2. The van der Waals surface area contributed by atoms with E-state index in [2.05, 4.69) is 34.1 Å². The van der Waals surface area contributed by atoms with Crippen LogP contribution in [0.1, 0.15) is 0 Å². The lowest BCUT2D eigenvalue weighted by atomic mass is 10.0. The zero-order valence-corrected chi connectivity index (χ0v) is 15.3. The van der Waals surface area contributed by atoms with E-state index in [1.54, 1.807) is 0 Å². The largest absolute Gasteiger partial charge is 0.352 e. The summed E-state index contributed by atoms with van der Waals surface area (Å²) in [6.45, 7) is 1.70. The van der Waals surface area contributed by atoms with E-state index in [1.807, 2.05) is 49.1 Å². The van der Waals surface area contributed by atoms with Gasteiger partial charge in [-0.2, -0.15) is 0 Å². The van der Waals surface area contributed by atoms with Crippen LogP contribution >= 0.6 is 0 Å². The Bertz CT molecular complexity index is 863. The SMILES string of the molecule is O=[N+]1C=CC(=C2C=CN(CCN3C=CC(=C4C=C[N+](=O)C=C4)C=C3)C=C2)C=C1. The average Bonchev–Trinajstić information content (AvgIpc) is 2.74. The fourth-order valence-electron chi connectivity index (χ4n) is 3.04. The lowest BCUT2D eigenvalue weighted by Crippen LogP contribution is -2.25. The smallest absolute Gasteiger partial charge is 0.228 e. The van der Waals surface area contributed by atoms with Crippen LogP contribution in [-0.4, -0.2) is 32.4 Å². The van der Waals surface area contributed by atoms with Crippen molar-refractivity contribution in [1.82, 2.24) is 9.80 Å². The van der Waals surface area contributed by atoms with Crippen molar-refractivity contribution in [3.05, 3.63) is 130 Å². The Hall–Kier alpha value is -3.80. The summed E-state index contributed by atoms with van der Waals surface area (Å²) >= 11 is 0. The Morgan fingerprint density at radius 1 is 0.500 bits per heavy atom. The van der Waals surface area contributed by atoms with Crippen LogP contribution in [0.25, 0.3) is 0 Å². The minimum atomic E-state index is 0.785. The van der Waals surface area contributed by atoms with E-state index in [0.29, 0.717) is 0 Å². The summed E-state index contributed by atoms with van der Waals surface area (Å²) in [6, 6.07) is 0. The Balaban J connectivity index is 1.31. The number of nitroso groups, excluding NO2 is 2. The second-order valence-corrected chi connectivity index (χ2v) is 6.54. The van der Waals surface area contributed by atoms with Gasteiger partial charge in [-0.1, -0.05) is 0 Å². The summed E-state index contributed by atoms with van der Waals surface area (Å²) in [7, 11) is 0. The van der Waals surface area contributed by atoms with Gasteiger partial charge in [0.2, 0.25) is 24.8 Å². The van der Waals surface area contributed by atoms with Gasteiger partial charge in [-0.25, -0.2) is 0 Å². The zero-order valence-electron chi connectivity index (χ0n) is 15.3. The third-order valence-electron chi connectivity index (χ3n) is 4.67. The van der Waals surface area contributed by atoms with Gasteiger partial charge in [-0.15, -0.1) is 0 Å². The van der Waals surface area contributed by atoms with Crippen molar-refractivity contribution >= 4 is 0 Å². The molecule has 6 nitrogen and oxygen atoms in total. The fourth-order valence-corrected chi connectivity index (χ4v) is 3.04. The topological polar surface area (TPSA) is 46.6 Å². The molecule has 0 saturated carbocycles. The Kier molecular flexibility index (Phi) is 4.93. The van der Waals surface area contributed by atoms with Gasteiger partial charge >= 0.3 is 0 Å². The number of allylic oxidation sites excluding steroid dienone is 12. The minimum Gasteiger partial charge on any atom is -0.352 e. The first-order chi connectivity index (χ1) is 13.7. The molecule has 4 aliphatic rings. The van der Waals surface area contributed by atoms with Gasteiger partial charge in [-0.3, -0.25) is 0 Å². The predicted octanol–water partition coefficient (Wildman–Crippen LogP) is 3.91. The normalized spacial score (nSPS) is 20.4. The van der Waals surface area contributed by atoms with Gasteiger partial charge < -0.3 is 9.80 Å². The fraction of sp³-hybridized carbons (Fsp3) is 0.0909. The second-order valence-electron chi connectivity index (χ2n) is 6.54.